The van der Waals surface area contributed by atoms with Gasteiger partial charge in [0.1, 0.15) is 5.69 Å². The van der Waals surface area contributed by atoms with Crippen molar-refractivity contribution in [3.63, 3.8) is 0 Å². The lowest BCUT2D eigenvalue weighted by molar-refractivity contribution is -0.142. The van der Waals surface area contributed by atoms with Crippen LogP contribution in [-0.4, -0.2) is 40.4 Å². The van der Waals surface area contributed by atoms with E-state index in [-0.39, 0.29) is 17.3 Å². The fourth-order valence-electron chi connectivity index (χ4n) is 2.77. The topological polar surface area (TPSA) is 69.0 Å². The number of carbonyl (C=O) groups excluding carboxylic acids is 1. The summed E-state index contributed by atoms with van der Waals surface area (Å²) in [7, 11) is 0. The monoisotopic (exact) mass is 418 g/mol. The molecule has 0 fully saturated rings. The Morgan fingerprint density at radius 3 is 2.57 bits per heavy atom. The molecule has 0 saturated heterocycles. The van der Waals surface area contributed by atoms with Gasteiger partial charge in [-0.15, -0.1) is 0 Å². The van der Waals surface area contributed by atoms with Crippen molar-refractivity contribution < 1.29 is 22.7 Å². The number of pyridine rings is 1. The van der Waals surface area contributed by atoms with E-state index in [9.17, 15) is 18.0 Å². The number of aromatic nitrogens is 3. The number of rotatable bonds is 8. The van der Waals surface area contributed by atoms with E-state index in [1.807, 2.05) is 6.92 Å². The molecule has 0 aliphatic heterocycles. The Morgan fingerprint density at radius 2 is 1.93 bits per heavy atom. The van der Waals surface area contributed by atoms with Crippen molar-refractivity contribution in [3.05, 3.63) is 66.1 Å². The summed E-state index contributed by atoms with van der Waals surface area (Å²) in [6, 6.07) is 10.0. The third-order valence-corrected chi connectivity index (χ3v) is 4.21. The molecule has 30 heavy (non-hydrogen) atoms. The molecule has 0 spiro atoms. The SMILES string of the molecule is CCCOCCNC(=O)c1ccc(-n2nc(-c3cccnc3)cc2C(F)(F)F)cc1. The number of halogens is 3. The Hall–Kier alpha value is -3.20. The van der Waals surface area contributed by atoms with Gasteiger partial charge in [-0.3, -0.25) is 9.78 Å². The largest absolute Gasteiger partial charge is 0.433 e. The number of ether oxygens (including phenoxy) is 1. The quantitative estimate of drug-likeness (QED) is 0.559. The number of nitrogens with one attached hydrogen (secondary N) is 1. The summed E-state index contributed by atoms with van der Waals surface area (Å²) in [5, 5.41) is 6.81. The summed E-state index contributed by atoms with van der Waals surface area (Å²) in [5.74, 6) is -0.325. The second kappa shape index (κ2) is 9.53. The van der Waals surface area contributed by atoms with E-state index in [2.05, 4.69) is 15.4 Å². The van der Waals surface area contributed by atoms with Gasteiger partial charge in [-0.1, -0.05) is 6.92 Å². The Morgan fingerprint density at radius 1 is 1.17 bits per heavy atom. The van der Waals surface area contributed by atoms with Crippen molar-refractivity contribution in [3.8, 4) is 16.9 Å². The fourth-order valence-corrected chi connectivity index (χ4v) is 2.77. The minimum atomic E-state index is -4.60. The zero-order valence-electron chi connectivity index (χ0n) is 16.3. The first-order valence-corrected chi connectivity index (χ1v) is 9.44. The maximum atomic E-state index is 13.5. The third-order valence-electron chi connectivity index (χ3n) is 4.21. The van der Waals surface area contributed by atoms with E-state index < -0.39 is 11.9 Å². The van der Waals surface area contributed by atoms with Crippen molar-refractivity contribution in [1.82, 2.24) is 20.1 Å². The molecule has 0 unspecified atom stereocenters. The number of hydrogen-bond donors (Lipinski definition) is 1. The molecule has 1 N–H and O–H groups in total. The van der Waals surface area contributed by atoms with E-state index in [0.717, 1.165) is 17.2 Å². The van der Waals surface area contributed by atoms with Crippen LogP contribution in [0.2, 0.25) is 0 Å². The van der Waals surface area contributed by atoms with Crippen molar-refractivity contribution in [2.24, 2.45) is 0 Å². The summed E-state index contributed by atoms with van der Waals surface area (Å²) in [6.07, 6.45) is -0.720. The van der Waals surface area contributed by atoms with E-state index in [1.54, 1.807) is 12.1 Å². The predicted octanol–water partition coefficient (Wildman–Crippen LogP) is 4.11. The molecule has 0 bridgehead atoms. The Balaban J connectivity index is 1.80. The Kier molecular flexibility index (Phi) is 6.83. The van der Waals surface area contributed by atoms with Gasteiger partial charge >= 0.3 is 6.18 Å². The lowest BCUT2D eigenvalue weighted by atomic mass is 10.2. The highest BCUT2D eigenvalue weighted by Crippen LogP contribution is 2.33. The lowest BCUT2D eigenvalue weighted by Gasteiger charge is -2.11. The number of benzene rings is 1. The molecule has 9 heteroatoms. The highest BCUT2D eigenvalue weighted by atomic mass is 19.4. The first-order valence-electron chi connectivity index (χ1n) is 9.44. The molecule has 0 radical (unpaired) electrons. The summed E-state index contributed by atoms with van der Waals surface area (Å²) in [4.78, 5) is 16.1. The normalized spacial score (nSPS) is 11.5. The molecule has 1 amide bonds. The Labute approximate surface area is 171 Å². The molecule has 1 aromatic carbocycles. The van der Waals surface area contributed by atoms with Crippen LogP contribution < -0.4 is 5.32 Å². The number of carbonyl (C=O) groups is 1. The maximum Gasteiger partial charge on any atom is 0.433 e. The van der Waals surface area contributed by atoms with Crippen LogP contribution in [-0.2, 0) is 10.9 Å². The van der Waals surface area contributed by atoms with Gasteiger partial charge in [0.2, 0.25) is 0 Å². The van der Waals surface area contributed by atoms with Crippen LogP contribution in [0.4, 0.5) is 13.2 Å². The standard InChI is InChI=1S/C21H21F3N4O2/c1-2-11-30-12-10-26-20(29)15-5-7-17(8-6-15)28-19(21(22,23)24)13-18(27-28)16-4-3-9-25-14-16/h3-9,13-14H,2,10-12H2,1H3,(H,26,29). The second-order valence-electron chi connectivity index (χ2n) is 6.48. The van der Waals surface area contributed by atoms with Crippen LogP contribution in [0.15, 0.2) is 54.9 Å². The molecule has 0 saturated carbocycles. The molecule has 158 valence electrons. The number of alkyl halides is 3. The molecule has 0 aliphatic carbocycles. The summed E-state index contributed by atoms with van der Waals surface area (Å²) in [5.41, 5.74) is 0.252. The van der Waals surface area contributed by atoms with E-state index in [4.69, 9.17) is 4.74 Å². The second-order valence-corrected chi connectivity index (χ2v) is 6.48. The van der Waals surface area contributed by atoms with Crippen molar-refractivity contribution in [2.75, 3.05) is 19.8 Å². The maximum absolute atomic E-state index is 13.5. The minimum Gasteiger partial charge on any atom is -0.380 e. The first kappa shape index (κ1) is 21.5. The van der Waals surface area contributed by atoms with Gasteiger partial charge in [0.25, 0.3) is 5.91 Å². The summed E-state index contributed by atoms with van der Waals surface area (Å²) >= 11 is 0. The molecular formula is C21H21F3N4O2. The number of hydrogen-bond acceptors (Lipinski definition) is 4. The molecule has 0 aliphatic rings. The zero-order chi connectivity index (χ0) is 21.6. The van der Waals surface area contributed by atoms with E-state index >= 15 is 0 Å². The van der Waals surface area contributed by atoms with Crippen LogP contribution in [0.25, 0.3) is 16.9 Å². The summed E-state index contributed by atoms with van der Waals surface area (Å²) in [6.45, 7) is 3.37. The molecule has 2 heterocycles. The first-order chi connectivity index (χ1) is 14.4. The molecule has 2 aromatic heterocycles. The summed E-state index contributed by atoms with van der Waals surface area (Å²) < 4.78 is 46.8. The molecule has 3 aromatic rings. The highest BCUT2D eigenvalue weighted by molar-refractivity contribution is 5.94. The van der Waals surface area contributed by atoms with Crippen molar-refractivity contribution in [2.45, 2.75) is 19.5 Å². The van der Waals surface area contributed by atoms with Gasteiger partial charge in [-0.05, 0) is 48.9 Å². The van der Waals surface area contributed by atoms with Gasteiger partial charge in [-0.25, -0.2) is 4.68 Å². The molecule has 3 rings (SSSR count). The van der Waals surface area contributed by atoms with Crippen LogP contribution in [0, 0.1) is 0 Å². The van der Waals surface area contributed by atoms with Crippen molar-refractivity contribution >= 4 is 5.91 Å². The van der Waals surface area contributed by atoms with E-state index in [1.165, 1.54) is 36.7 Å². The average molecular weight is 418 g/mol. The number of amides is 1. The van der Waals surface area contributed by atoms with Crippen LogP contribution in [0.1, 0.15) is 29.4 Å². The minimum absolute atomic E-state index is 0.157. The van der Waals surface area contributed by atoms with E-state index in [0.29, 0.717) is 30.9 Å². The highest BCUT2D eigenvalue weighted by Gasteiger charge is 2.36. The molecule has 6 nitrogen and oxygen atoms in total. The lowest BCUT2D eigenvalue weighted by Crippen LogP contribution is -2.27. The van der Waals surface area contributed by atoms with Gasteiger partial charge < -0.3 is 10.1 Å². The van der Waals surface area contributed by atoms with Gasteiger partial charge in [0.15, 0.2) is 0 Å². The van der Waals surface area contributed by atoms with Crippen LogP contribution in [0.5, 0.6) is 0 Å². The van der Waals surface area contributed by atoms with Crippen molar-refractivity contribution in [1.29, 1.82) is 0 Å². The number of nitrogens with zero attached hydrogens (tertiary/aromatic N) is 3. The van der Waals surface area contributed by atoms with Crippen LogP contribution in [0.3, 0.4) is 0 Å². The van der Waals surface area contributed by atoms with Gasteiger partial charge in [0.05, 0.1) is 18.0 Å². The fraction of sp³-hybridized carbons (Fsp3) is 0.286. The van der Waals surface area contributed by atoms with Crippen LogP contribution >= 0.6 is 0 Å². The van der Waals surface area contributed by atoms with Gasteiger partial charge in [-0.2, -0.15) is 18.3 Å². The molecular weight excluding hydrogens is 397 g/mol. The smallest absolute Gasteiger partial charge is 0.380 e. The average Bonchev–Trinajstić information content (AvgIpc) is 3.20. The molecule has 0 atom stereocenters. The predicted molar refractivity (Wildman–Crippen MR) is 105 cm³/mol. The van der Waals surface area contributed by atoms with Gasteiger partial charge in [0, 0.05) is 36.7 Å². The zero-order valence-corrected chi connectivity index (χ0v) is 16.3. The third kappa shape index (κ3) is 5.24. The Bertz CT molecular complexity index is 970.